The Labute approximate surface area is 172 Å². The highest BCUT2D eigenvalue weighted by Gasteiger charge is 2.13. The predicted octanol–water partition coefficient (Wildman–Crippen LogP) is 3.06. The molecule has 0 fully saturated rings. The van der Waals surface area contributed by atoms with Crippen LogP contribution in [0.3, 0.4) is 0 Å². The van der Waals surface area contributed by atoms with Crippen molar-refractivity contribution in [2.75, 3.05) is 27.0 Å². The molecular weight excluding hydrogens is 471 g/mol. The van der Waals surface area contributed by atoms with Crippen LogP contribution in [0.4, 0.5) is 8.78 Å². The van der Waals surface area contributed by atoms with Gasteiger partial charge in [-0.2, -0.15) is 0 Å². The van der Waals surface area contributed by atoms with Crippen molar-refractivity contribution in [3.63, 3.8) is 0 Å². The van der Waals surface area contributed by atoms with Gasteiger partial charge in [-0.15, -0.1) is 24.0 Å². The normalized spacial score (nSPS) is 12.3. The third-order valence-electron chi connectivity index (χ3n) is 3.67. The first-order chi connectivity index (χ1) is 12.7. The lowest BCUT2D eigenvalue weighted by Crippen LogP contribution is -2.38. The summed E-state index contributed by atoms with van der Waals surface area (Å²) in [5.74, 6) is 0.503. The topological polar surface area (TPSA) is 64.1 Å². The summed E-state index contributed by atoms with van der Waals surface area (Å²) in [6.45, 7) is 1.52. The molecule has 2 aromatic rings. The standard InChI is InChI=1S/C18H19F2N3O3.HI/c1-21-18(22-6-7-24-13-3-4-14(19)15(20)9-13)23-10-12-2-5-16-17(8-12)26-11-25-16;/h2-5,8-9H,6-7,10-11H2,1H3,(H2,21,22,23);1H. The highest BCUT2D eigenvalue weighted by molar-refractivity contribution is 14.0. The van der Waals surface area contributed by atoms with Crippen LogP contribution in [-0.2, 0) is 6.54 Å². The van der Waals surface area contributed by atoms with E-state index in [2.05, 4.69) is 15.6 Å². The van der Waals surface area contributed by atoms with Crippen LogP contribution >= 0.6 is 24.0 Å². The number of hydrogen-bond acceptors (Lipinski definition) is 4. The minimum atomic E-state index is -0.934. The first-order valence-electron chi connectivity index (χ1n) is 8.06. The van der Waals surface area contributed by atoms with E-state index >= 15 is 0 Å². The van der Waals surface area contributed by atoms with Gasteiger partial charge in [-0.05, 0) is 29.8 Å². The van der Waals surface area contributed by atoms with E-state index in [1.165, 1.54) is 6.07 Å². The van der Waals surface area contributed by atoms with E-state index in [1.807, 2.05) is 18.2 Å². The second-order valence-electron chi connectivity index (χ2n) is 5.46. The van der Waals surface area contributed by atoms with Gasteiger partial charge in [0.2, 0.25) is 6.79 Å². The van der Waals surface area contributed by atoms with Crippen molar-refractivity contribution < 1.29 is 23.0 Å². The van der Waals surface area contributed by atoms with Crippen molar-refractivity contribution in [2.24, 2.45) is 4.99 Å². The molecule has 0 amide bonds. The molecule has 27 heavy (non-hydrogen) atoms. The lowest BCUT2D eigenvalue weighted by Gasteiger charge is -2.13. The third kappa shape index (κ3) is 5.84. The Bertz CT molecular complexity index is 805. The number of ether oxygens (including phenoxy) is 3. The first-order valence-corrected chi connectivity index (χ1v) is 8.06. The molecule has 146 valence electrons. The van der Waals surface area contributed by atoms with Crippen molar-refractivity contribution >= 4 is 29.9 Å². The van der Waals surface area contributed by atoms with Gasteiger partial charge in [0.25, 0.3) is 0 Å². The number of nitrogens with one attached hydrogen (secondary N) is 2. The molecule has 3 rings (SSSR count). The Kier molecular flexibility index (Phi) is 7.89. The summed E-state index contributed by atoms with van der Waals surface area (Å²) in [7, 11) is 1.66. The van der Waals surface area contributed by atoms with E-state index in [9.17, 15) is 8.78 Å². The van der Waals surface area contributed by atoms with Crippen LogP contribution in [0.5, 0.6) is 17.2 Å². The fraction of sp³-hybridized carbons (Fsp3) is 0.278. The summed E-state index contributed by atoms with van der Waals surface area (Å²) in [4.78, 5) is 4.12. The van der Waals surface area contributed by atoms with Gasteiger partial charge in [-0.3, -0.25) is 4.99 Å². The zero-order valence-electron chi connectivity index (χ0n) is 14.6. The van der Waals surface area contributed by atoms with Crippen molar-refractivity contribution in [3.05, 3.63) is 53.6 Å². The molecule has 0 bridgehead atoms. The Morgan fingerprint density at radius 2 is 1.89 bits per heavy atom. The predicted molar refractivity (Wildman–Crippen MR) is 108 cm³/mol. The minimum Gasteiger partial charge on any atom is -0.492 e. The summed E-state index contributed by atoms with van der Waals surface area (Å²) >= 11 is 0. The van der Waals surface area contributed by atoms with Gasteiger partial charge in [-0.1, -0.05) is 6.07 Å². The quantitative estimate of drug-likeness (QED) is 0.282. The molecule has 9 heteroatoms. The minimum absolute atomic E-state index is 0. The van der Waals surface area contributed by atoms with Crippen LogP contribution in [0.15, 0.2) is 41.4 Å². The monoisotopic (exact) mass is 491 g/mol. The molecule has 0 unspecified atom stereocenters. The third-order valence-corrected chi connectivity index (χ3v) is 3.67. The Hall–Kier alpha value is -2.30. The maximum Gasteiger partial charge on any atom is 0.231 e. The lowest BCUT2D eigenvalue weighted by molar-refractivity contribution is 0.174. The highest BCUT2D eigenvalue weighted by Crippen LogP contribution is 2.32. The molecular formula is C18H20F2IN3O3. The maximum atomic E-state index is 13.1. The molecule has 6 nitrogen and oxygen atoms in total. The van der Waals surface area contributed by atoms with Crippen LogP contribution in [0.1, 0.15) is 5.56 Å². The second kappa shape index (κ2) is 10.1. The summed E-state index contributed by atoms with van der Waals surface area (Å²) in [6, 6.07) is 9.15. The van der Waals surface area contributed by atoms with Gasteiger partial charge in [0.1, 0.15) is 12.4 Å². The number of guanidine groups is 1. The molecule has 2 N–H and O–H groups in total. The number of halogens is 3. The smallest absolute Gasteiger partial charge is 0.231 e. The van der Waals surface area contributed by atoms with Crippen LogP contribution in [0.2, 0.25) is 0 Å². The molecule has 0 atom stereocenters. The zero-order valence-corrected chi connectivity index (χ0v) is 17.0. The van der Waals surface area contributed by atoms with E-state index in [0.717, 1.165) is 29.2 Å². The van der Waals surface area contributed by atoms with Crippen LogP contribution < -0.4 is 24.8 Å². The average molecular weight is 491 g/mol. The van der Waals surface area contributed by atoms with E-state index in [-0.39, 0.29) is 43.1 Å². The van der Waals surface area contributed by atoms with Gasteiger partial charge in [-0.25, -0.2) is 8.78 Å². The van der Waals surface area contributed by atoms with Crippen molar-refractivity contribution in [1.29, 1.82) is 0 Å². The fourth-order valence-corrected chi connectivity index (χ4v) is 2.36. The summed E-state index contributed by atoms with van der Waals surface area (Å²) < 4.78 is 41.9. The molecule has 0 spiro atoms. The van der Waals surface area contributed by atoms with Gasteiger partial charge in [0.05, 0.1) is 6.54 Å². The average Bonchev–Trinajstić information content (AvgIpc) is 3.11. The number of hydrogen-bond donors (Lipinski definition) is 2. The molecule has 0 aromatic heterocycles. The van der Waals surface area contributed by atoms with E-state index in [1.54, 1.807) is 7.05 Å². The first kappa shape index (κ1) is 21.0. The van der Waals surface area contributed by atoms with Crippen LogP contribution in [0, 0.1) is 11.6 Å². The summed E-state index contributed by atoms with van der Waals surface area (Å²) in [6.07, 6.45) is 0. The second-order valence-corrected chi connectivity index (χ2v) is 5.46. The highest BCUT2D eigenvalue weighted by atomic mass is 127. The molecule has 0 radical (unpaired) electrons. The molecule has 0 aliphatic carbocycles. The molecule has 0 saturated carbocycles. The van der Waals surface area contributed by atoms with Crippen LogP contribution in [0.25, 0.3) is 0 Å². The number of nitrogens with zero attached hydrogens (tertiary/aromatic N) is 1. The Balaban J connectivity index is 0.00000261. The van der Waals surface area contributed by atoms with E-state index < -0.39 is 11.6 Å². The Morgan fingerprint density at radius 1 is 1.07 bits per heavy atom. The van der Waals surface area contributed by atoms with Gasteiger partial charge >= 0.3 is 0 Å². The molecule has 1 heterocycles. The largest absolute Gasteiger partial charge is 0.492 e. The van der Waals surface area contributed by atoms with E-state index in [4.69, 9.17) is 14.2 Å². The van der Waals surface area contributed by atoms with Crippen molar-refractivity contribution in [3.8, 4) is 17.2 Å². The number of aliphatic imine (C=N–C) groups is 1. The van der Waals surface area contributed by atoms with E-state index in [0.29, 0.717) is 19.0 Å². The molecule has 1 aliphatic rings. The zero-order chi connectivity index (χ0) is 18.4. The van der Waals surface area contributed by atoms with Gasteiger partial charge in [0.15, 0.2) is 29.1 Å². The van der Waals surface area contributed by atoms with Crippen molar-refractivity contribution in [1.82, 2.24) is 10.6 Å². The summed E-state index contributed by atoms with van der Waals surface area (Å²) in [5.41, 5.74) is 1.02. The SMILES string of the molecule is CN=C(NCCOc1ccc(F)c(F)c1)NCc1ccc2c(c1)OCO2.I. The van der Waals surface area contributed by atoms with Crippen molar-refractivity contribution in [2.45, 2.75) is 6.54 Å². The maximum absolute atomic E-state index is 13.1. The number of fused-ring (bicyclic) bond motifs is 1. The lowest BCUT2D eigenvalue weighted by atomic mass is 10.2. The fourth-order valence-electron chi connectivity index (χ4n) is 2.36. The number of benzene rings is 2. The van der Waals surface area contributed by atoms with Gasteiger partial charge < -0.3 is 24.8 Å². The van der Waals surface area contributed by atoms with Crippen LogP contribution in [-0.4, -0.2) is 33.0 Å². The molecule has 1 aliphatic heterocycles. The molecule has 2 aromatic carbocycles. The van der Waals surface area contributed by atoms with Gasteiger partial charge in [0, 0.05) is 19.7 Å². The summed E-state index contributed by atoms with van der Waals surface area (Å²) in [5, 5.41) is 6.25. The Morgan fingerprint density at radius 3 is 2.67 bits per heavy atom. The molecule has 0 saturated heterocycles. The number of rotatable bonds is 6.